The number of aliphatic carboxylic acids is 1. The molecule has 0 fully saturated rings. The summed E-state index contributed by atoms with van der Waals surface area (Å²) in [5.74, 6) is -1.02. The predicted molar refractivity (Wildman–Crippen MR) is 68.0 cm³/mol. The maximum absolute atomic E-state index is 11.2. The van der Waals surface area contributed by atoms with E-state index in [1.807, 2.05) is 0 Å². The Morgan fingerprint density at radius 3 is 2.58 bits per heavy atom. The lowest BCUT2D eigenvalue weighted by molar-refractivity contribution is -0.384. The molecule has 0 saturated heterocycles. The van der Waals surface area contributed by atoms with Crippen LogP contribution in [0.15, 0.2) is 24.3 Å². The Bertz CT molecular complexity index is 432. The SMILES string of the molecule is COCCCNC(C(=O)O)c1ccc([N+](=O)[O-])cc1. The van der Waals surface area contributed by atoms with Gasteiger partial charge in [0.2, 0.25) is 0 Å². The van der Waals surface area contributed by atoms with Crippen molar-refractivity contribution in [1.82, 2.24) is 5.32 Å². The molecule has 19 heavy (non-hydrogen) atoms. The number of nitro benzene ring substituents is 1. The highest BCUT2D eigenvalue weighted by Gasteiger charge is 2.19. The molecule has 1 unspecified atom stereocenters. The topological polar surface area (TPSA) is 102 Å². The molecule has 1 aromatic carbocycles. The van der Waals surface area contributed by atoms with E-state index < -0.39 is 16.9 Å². The van der Waals surface area contributed by atoms with Gasteiger partial charge in [0.15, 0.2) is 0 Å². The minimum absolute atomic E-state index is 0.0627. The van der Waals surface area contributed by atoms with Crippen molar-refractivity contribution in [3.63, 3.8) is 0 Å². The number of carboxylic acids is 1. The number of non-ortho nitro benzene ring substituents is 1. The predicted octanol–water partition coefficient (Wildman–Crippen LogP) is 1.35. The van der Waals surface area contributed by atoms with E-state index in [1.54, 1.807) is 7.11 Å². The largest absolute Gasteiger partial charge is 0.480 e. The average molecular weight is 268 g/mol. The fourth-order valence-electron chi connectivity index (χ4n) is 1.60. The van der Waals surface area contributed by atoms with Crippen LogP contribution in [-0.4, -0.2) is 36.3 Å². The minimum Gasteiger partial charge on any atom is -0.480 e. The van der Waals surface area contributed by atoms with Crippen molar-refractivity contribution in [2.24, 2.45) is 0 Å². The van der Waals surface area contributed by atoms with Crippen LogP contribution in [0.1, 0.15) is 18.0 Å². The number of nitrogens with zero attached hydrogens (tertiary/aromatic N) is 1. The molecule has 2 N–H and O–H groups in total. The fourth-order valence-corrected chi connectivity index (χ4v) is 1.60. The molecule has 1 aromatic rings. The number of nitro groups is 1. The van der Waals surface area contributed by atoms with Crippen molar-refractivity contribution in [3.8, 4) is 0 Å². The van der Waals surface area contributed by atoms with Crippen molar-refractivity contribution in [2.45, 2.75) is 12.5 Å². The Labute approximate surface area is 110 Å². The third-order valence-electron chi connectivity index (χ3n) is 2.56. The molecule has 0 saturated carbocycles. The molecular formula is C12H16N2O5. The Hall–Kier alpha value is -1.99. The summed E-state index contributed by atoms with van der Waals surface area (Å²) in [6.45, 7) is 1.03. The molecule has 0 aliphatic carbocycles. The van der Waals surface area contributed by atoms with E-state index in [1.165, 1.54) is 24.3 Å². The summed E-state index contributed by atoms with van der Waals surface area (Å²) in [5.41, 5.74) is 0.419. The van der Waals surface area contributed by atoms with Crippen molar-refractivity contribution < 1.29 is 19.6 Å². The number of hydrogen-bond donors (Lipinski definition) is 2. The lowest BCUT2D eigenvalue weighted by Crippen LogP contribution is -2.29. The maximum Gasteiger partial charge on any atom is 0.325 e. The summed E-state index contributed by atoms with van der Waals surface area (Å²) >= 11 is 0. The van der Waals surface area contributed by atoms with Gasteiger partial charge in [-0.05, 0) is 18.5 Å². The van der Waals surface area contributed by atoms with Gasteiger partial charge in [-0.2, -0.15) is 0 Å². The number of benzene rings is 1. The summed E-state index contributed by atoms with van der Waals surface area (Å²) in [6, 6.07) is 4.60. The van der Waals surface area contributed by atoms with Gasteiger partial charge in [0.25, 0.3) is 5.69 Å². The normalized spacial score (nSPS) is 12.1. The van der Waals surface area contributed by atoms with Gasteiger partial charge in [-0.25, -0.2) is 0 Å². The first-order valence-electron chi connectivity index (χ1n) is 5.75. The van der Waals surface area contributed by atoms with E-state index in [0.717, 1.165) is 0 Å². The monoisotopic (exact) mass is 268 g/mol. The lowest BCUT2D eigenvalue weighted by atomic mass is 10.1. The second-order valence-corrected chi connectivity index (χ2v) is 3.92. The van der Waals surface area contributed by atoms with E-state index in [2.05, 4.69) is 5.32 Å². The van der Waals surface area contributed by atoms with Crippen LogP contribution in [0.4, 0.5) is 5.69 Å². The third kappa shape index (κ3) is 4.65. The zero-order valence-corrected chi connectivity index (χ0v) is 10.5. The van der Waals surface area contributed by atoms with Gasteiger partial charge in [-0.1, -0.05) is 12.1 Å². The zero-order chi connectivity index (χ0) is 14.3. The van der Waals surface area contributed by atoms with Crippen LogP contribution in [-0.2, 0) is 9.53 Å². The summed E-state index contributed by atoms with van der Waals surface area (Å²) < 4.78 is 4.87. The van der Waals surface area contributed by atoms with Crippen LogP contribution in [0.3, 0.4) is 0 Å². The van der Waals surface area contributed by atoms with Crippen molar-refractivity contribution >= 4 is 11.7 Å². The fraction of sp³-hybridized carbons (Fsp3) is 0.417. The highest BCUT2D eigenvalue weighted by molar-refractivity contribution is 5.75. The van der Waals surface area contributed by atoms with Gasteiger partial charge in [-0.3, -0.25) is 14.9 Å². The van der Waals surface area contributed by atoms with Crippen molar-refractivity contribution in [2.75, 3.05) is 20.3 Å². The highest BCUT2D eigenvalue weighted by atomic mass is 16.6. The highest BCUT2D eigenvalue weighted by Crippen LogP contribution is 2.18. The molecule has 1 atom stereocenters. The first-order chi connectivity index (χ1) is 9.06. The minimum atomic E-state index is -1.02. The van der Waals surface area contributed by atoms with Crippen LogP contribution < -0.4 is 5.32 Å². The third-order valence-corrected chi connectivity index (χ3v) is 2.56. The van der Waals surface area contributed by atoms with E-state index in [9.17, 15) is 14.9 Å². The number of nitrogens with one attached hydrogen (secondary N) is 1. The molecule has 104 valence electrons. The van der Waals surface area contributed by atoms with Crippen LogP contribution >= 0.6 is 0 Å². The second-order valence-electron chi connectivity index (χ2n) is 3.92. The van der Waals surface area contributed by atoms with Crippen LogP contribution in [0.25, 0.3) is 0 Å². The number of methoxy groups -OCH3 is 1. The number of ether oxygens (including phenoxy) is 1. The molecule has 0 radical (unpaired) electrons. The molecule has 0 aliphatic heterocycles. The maximum atomic E-state index is 11.2. The van der Waals surface area contributed by atoms with Gasteiger partial charge in [0.05, 0.1) is 4.92 Å². The lowest BCUT2D eigenvalue weighted by Gasteiger charge is -2.14. The van der Waals surface area contributed by atoms with Crippen molar-refractivity contribution in [3.05, 3.63) is 39.9 Å². The molecule has 0 aliphatic rings. The molecule has 7 heteroatoms. The molecule has 0 heterocycles. The Morgan fingerprint density at radius 2 is 2.11 bits per heavy atom. The summed E-state index contributed by atoms with van der Waals surface area (Å²) in [5, 5.41) is 22.5. The number of hydrogen-bond acceptors (Lipinski definition) is 5. The number of carboxylic acid groups (broad SMARTS) is 1. The van der Waals surface area contributed by atoms with Crippen molar-refractivity contribution in [1.29, 1.82) is 0 Å². The van der Waals surface area contributed by atoms with Gasteiger partial charge in [0.1, 0.15) is 6.04 Å². The second kappa shape index (κ2) is 7.45. The standard InChI is InChI=1S/C12H16N2O5/c1-19-8-2-7-13-11(12(15)16)9-3-5-10(6-4-9)14(17)18/h3-6,11,13H,2,7-8H2,1H3,(H,15,16). The Balaban J connectivity index is 2.70. The van der Waals surface area contributed by atoms with E-state index in [0.29, 0.717) is 25.1 Å². The van der Waals surface area contributed by atoms with Gasteiger partial charge < -0.3 is 15.2 Å². The van der Waals surface area contributed by atoms with Crippen LogP contribution in [0, 0.1) is 10.1 Å². The molecule has 7 nitrogen and oxygen atoms in total. The zero-order valence-electron chi connectivity index (χ0n) is 10.5. The van der Waals surface area contributed by atoms with Crippen LogP contribution in [0.5, 0.6) is 0 Å². The van der Waals surface area contributed by atoms with E-state index in [4.69, 9.17) is 9.84 Å². The average Bonchev–Trinajstić information content (AvgIpc) is 2.38. The summed E-state index contributed by atoms with van der Waals surface area (Å²) in [4.78, 5) is 21.2. The first-order valence-corrected chi connectivity index (χ1v) is 5.75. The van der Waals surface area contributed by atoms with Gasteiger partial charge in [0, 0.05) is 25.8 Å². The number of carbonyl (C=O) groups is 1. The van der Waals surface area contributed by atoms with Gasteiger partial charge >= 0.3 is 5.97 Å². The summed E-state index contributed by atoms with van der Waals surface area (Å²) in [7, 11) is 1.57. The molecule has 0 bridgehead atoms. The molecule has 0 aromatic heterocycles. The Morgan fingerprint density at radius 1 is 1.47 bits per heavy atom. The Kier molecular flexibility index (Phi) is 5.91. The van der Waals surface area contributed by atoms with Gasteiger partial charge in [-0.15, -0.1) is 0 Å². The smallest absolute Gasteiger partial charge is 0.325 e. The molecule has 1 rings (SSSR count). The molecule has 0 amide bonds. The first kappa shape index (κ1) is 15.1. The van der Waals surface area contributed by atoms with E-state index in [-0.39, 0.29) is 5.69 Å². The van der Waals surface area contributed by atoms with Crippen LogP contribution in [0.2, 0.25) is 0 Å². The molecule has 0 spiro atoms. The number of rotatable bonds is 8. The van der Waals surface area contributed by atoms with E-state index >= 15 is 0 Å². The summed E-state index contributed by atoms with van der Waals surface area (Å²) in [6.07, 6.45) is 0.688. The quantitative estimate of drug-likeness (QED) is 0.419. The molecular weight excluding hydrogens is 252 g/mol.